The average molecular weight is 293 g/mol. The molecule has 3 heteroatoms. The standard InChI is InChI=1S/C18H31NO2/c1-6-14-13-9-12-10-18(13,7-8-21-14)16(17(12,4)5)19-15(20)11(2)3/h11-14,16H,6-10H2,1-5H3,(H,19,20)/t12-,13-,14-,16+,18-/m1/s1. The minimum Gasteiger partial charge on any atom is -0.378 e. The summed E-state index contributed by atoms with van der Waals surface area (Å²) in [6.07, 6.45) is 5.20. The van der Waals surface area contributed by atoms with Gasteiger partial charge in [0.1, 0.15) is 0 Å². The molecule has 2 bridgehead atoms. The van der Waals surface area contributed by atoms with Crippen LogP contribution in [0.5, 0.6) is 0 Å². The number of hydrogen-bond acceptors (Lipinski definition) is 2. The maximum absolute atomic E-state index is 12.3. The van der Waals surface area contributed by atoms with Crippen LogP contribution < -0.4 is 5.32 Å². The minimum absolute atomic E-state index is 0.0663. The number of carbonyl (C=O) groups excluding carboxylic acids is 1. The molecule has 3 fully saturated rings. The summed E-state index contributed by atoms with van der Waals surface area (Å²) in [6, 6.07) is 0.321. The van der Waals surface area contributed by atoms with Gasteiger partial charge in [0.15, 0.2) is 0 Å². The van der Waals surface area contributed by atoms with Crippen molar-refractivity contribution in [3.8, 4) is 0 Å². The van der Waals surface area contributed by atoms with E-state index in [2.05, 4.69) is 26.1 Å². The Balaban J connectivity index is 1.91. The van der Waals surface area contributed by atoms with Gasteiger partial charge in [-0.05, 0) is 48.3 Å². The zero-order valence-electron chi connectivity index (χ0n) is 14.2. The van der Waals surface area contributed by atoms with Gasteiger partial charge in [-0.15, -0.1) is 0 Å². The van der Waals surface area contributed by atoms with Crippen LogP contribution in [0.15, 0.2) is 0 Å². The topological polar surface area (TPSA) is 38.3 Å². The van der Waals surface area contributed by atoms with E-state index < -0.39 is 0 Å². The fourth-order valence-corrected chi connectivity index (χ4v) is 5.62. The lowest BCUT2D eigenvalue weighted by molar-refractivity contribution is -0.138. The van der Waals surface area contributed by atoms with E-state index in [9.17, 15) is 4.79 Å². The molecule has 1 amide bonds. The van der Waals surface area contributed by atoms with E-state index in [1.165, 1.54) is 12.8 Å². The quantitative estimate of drug-likeness (QED) is 0.866. The van der Waals surface area contributed by atoms with Crippen LogP contribution >= 0.6 is 0 Å². The van der Waals surface area contributed by atoms with Gasteiger partial charge in [-0.3, -0.25) is 4.79 Å². The number of nitrogens with one attached hydrogen (secondary N) is 1. The first-order valence-electron chi connectivity index (χ1n) is 8.75. The van der Waals surface area contributed by atoms with Crippen LogP contribution in [0.2, 0.25) is 0 Å². The van der Waals surface area contributed by atoms with Crippen molar-refractivity contribution in [1.82, 2.24) is 5.32 Å². The van der Waals surface area contributed by atoms with Crippen molar-refractivity contribution in [2.75, 3.05) is 6.61 Å². The summed E-state index contributed by atoms with van der Waals surface area (Å²) in [5, 5.41) is 3.44. The smallest absolute Gasteiger partial charge is 0.222 e. The maximum atomic E-state index is 12.3. The van der Waals surface area contributed by atoms with E-state index in [1.807, 2.05) is 13.8 Å². The lowest BCUT2D eigenvalue weighted by Gasteiger charge is -2.53. The second kappa shape index (κ2) is 4.97. The summed E-state index contributed by atoms with van der Waals surface area (Å²) < 4.78 is 6.04. The molecule has 2 saturated carbocycles. The fourth-order valence-electron chi connectivity index (χ4n) is 5.62. The Morgan fingerprint density at radius 2 is 2.10 bits per heavy atom. The molecule has 1 aliphatic heterocycles. The highest BCUT2D eigenvalue weighted by Crippen LogP contribution is 2.68. The first-order chi connectivity index (χ1) is 9.83. The zero-order chi connectivity index (χ0) is 15.4. The van der Waals surface area contributed by atoms with Gasteiger partial charge in [-0.2, -0.15) is 0 Å². The second-order valence-electron chi connectivity index (χ2n) is 8.46. The molecule has 120 valence electrons. The van der Waals surface area contributed by atoms with Crippen LogP contribution in [0.25, 0.3) is 0 Å². The third-order valence-electron chi connectivity index (χ3n) is 6.84. The van der Waals surface area contributed by atoms with Crippen LogP contribution in [-0.2, 0) is 9.53 Å². The highest BCUT2D eigenvalue weighted by molar-refractivity contribution is 5.78. The van der Waals surface area contributed by atoms with Crippen LogP contribution in [0.3, 0.4) is 0 Å². The Hall–Kier alpha value is -0.570. The Bertz CT molecular complexity index is 431. The molecule has 0 radical (unpaired) electrons. The summed E-state index contributed by atoms with van der Waals surface area (Å²) in [6.45, 7) is 11.8. The van der Waals surface area contributed by atoms with Gasteiger partial charge in [0, 0.05) is 18.6 Å². The van der Waals surface area contributed by atoms with Gasteiger partial charge in [-0.1, -0.05) is 34.6 Å². The number of fused-ring (bicyclic) bond motifs is 1. The monoisotopic (exact) mass is 293 g/mol. The molecule has 3 nitrogen and oxygen atoms in total. The van der Waals surface area contributed by atoms with E-state index in [1.54, 1.807) is 0 Å². The van der Waals surface area contributed by atoms with E-state index in [0.717, 1.165) is 25.4 Å². The number of ether oxygens (including phenoxy) is 1. The van der Waals surface area contributed by atoms with Gasteiger partial charge in [0.25, 0.3) is 0 Å². The van der Waals surface area contributed by atoms with Crippen molar-refractivity contribution >= 4 is 5.91 Å². The summed E-state index contributed by atoms with van der Waals surface area (Å²) in [4.78, 5) is 12.3. The molecular weight excluding hydrogens is 262 g/mol. The highest BCUT2D eigenvalue weighted by Gasteiger charge is 2.68. The average Bonchev–Trinajstić information content (AvgIpc) is 2.91. The molecule has 0 aromatic carbocycles. The maximum Gasteiger partial charge on any atom is 0.222 e. The first-order valence-corrected chi connectivity index (χ1v) is 8.75. The van der Waals surface area contributed by atoms with Crippen molar-refractivity contribution in [1.29, 1.82) is 0 Å². The molecule has 2 aliphatic carbocycles. The molecule has 3 aliphatic rings. The fraction of sp³-hybridized carbons (Fsp3) is 0.944. The van der Waals surface area contributed by atoms with Crippen LogP contribution in [0, 0.1) is 28.6 Å². The Morgan fingerprint density at radius 3 is 2.71 bits per heavy atom. The van der Waals surface area contributed by atoms with Crippen molar-refractivity contribution in [3.63, 3.8) is 0 Å². The molecule has 5 atom stereocenters. The molecule has 1 heterocycles. The molecule has 1 N–H and O–H groups in total. The lowest BCUT2D eigenvalue weighted by Crippen LogP contribution is -2.60. The predicted octanol–water partition coefficient (Wildman–Crippen LogP) is 3.38. The van der Waals surface area contributed by atoms with Gasteiger partial charge in [-0.25, -0.2) is 0 Å². The Morgan fingerprint density at radius 1 is 1.38 bits per heavy atom. The van der Waals surface area contributed by atoms with E-state index in [0.29, 0.717) is 18.1 Å². The highest BCUT2D eigenvalue weighted by atomic mass is 16.5. The molecular formula is C18H31NO2. The van der Waals surface area contributed by atoms with Crippen LogP contribution in [0.4, 0.5) is 0 Å². The van der Waals surface area contributed by atoms with Crippen LogP contribution in [0.1, 0.15) is 60.3 Å². The third-order valence-corrected chi connectivity index (χ3v) is 6.84. The summed E-state index contributed by atoms with van der Waals surface area (Å²) in [7, 11) is 0. The SMILES string of the molecule is CC[C@H]1OCC[C@@]23C[C@@H](C[C@H]12)C(C)(C)[C@@H]3NC(=O)C(C)C. The number of carbonyl (C=O) groups is 1. The van der Waals surface area contributed by atoms with Crippen molar-refractivity contribution in [2.24, 2.45) is 28.6 Å². The molecule has 1 spiro atoms. The van der Waals surface area contributed by atoms with Crippen molar-refractivity contribution in [3.05, 3.63) is 0 Å². The summed E-state index contributed by atoms with van der Waals surface area (Å²) >= 11 is 0. The molecule has 0 unspecified atom stereocenters. The van der Waals surface area contributed by atoms with Crippen molar-refractivity contribution < 1.29 is 9.53 Å². The van der Waals surface area contributed by atoms with Gasteiger partial charge in [0.2, 0.25) is 5.91 Å². The Kier molecular flexibility index (Phi) is 3.63. The zero-order valence-corrected chi connectivity index (χ0v) is 14.2. The minimum atomic E-state index is 0.0663. The van der Waals surface area contributed by atoms with E-state index in [4.69, 9.17) is 4.74 Å². The number of hydrogen-bond donors (Lipinski definition) is 1. The molecule has 0 aromatic rings. The van der Waals surface area contributed by atoms with Gasteiger partial charge in [0.05, 0.1) is 6.10 Å². The predicted molar refractivity (Wildman–Crippen MR) is 83.8 cm³/mol. The molecule has 21 heavy (non-hydrogen) atoms. The first kappa shape index (κ1) is 15.3. The third kappa shape index (κ3) is 2.07. The van der Waals surface area contributed by atoms with Crippen molar-refractivity contribution in [2.45, 2.75) is 72.4 Å². The van der Waals surface area contributed by atoms with E-state index in [-0.39, 0.29) is 22.7 Å². The lowest BCUT2D eigenvalue weighted by atomic mass is 9.59. The molecule has 1 saturated heterocycles. The second-order valence-corrected chi connectivity index (χ2v) is 8.46. The number of rotatable bonds is 3. The summed E-state index contributed by atoms with van der Waals surface area (Å²) in [5.74, 6) is 1.66. The Labute approximate surface area is 129 Å². The van der Waals surface area contributed by atoms with Gasteiger partial charge < -0.3 is 10.1 Å². The normalized spacial score (nSPS) is 43.9. The molecule has 3 rings (SSSR count). The summed E-state index contributed by atoms with van der Waals surface area (Å²) in [5.41, 5.74) is 0.508. The number of amides is 1. The molecule has 0 aromatic heterocycles. The van der Waals surface area contributed by atoms with Crippen LogP contribution in [-0.4, -0.2) is 24.7 Å². The largest absolute Gasteiger partial charge is 0.378 e. The van der Waals surface area contributed by atoms with Gasteiger partial charge >= 0.3 is 0 Å². The van der Waals surface area contributed by atoms with E-state index >= 15 is 0 Å².